The average molecular weight is 296 g/mol. The van der Waals surface area contributed by atoms with Gasteiger partial charge in [0.15, 0.2) is 11.9 Å². The summed E-state index contributed by atoms with van der Waals surface area (Å²) in [6, 6.07) is 19.8. The number of amidine groups is 1. The molecule has 0 aliphatic carbocycles. The van der Waals surface area contributed by atoms with Gasteiger partial charge in [-0.1, -0.05) is 65.8 Å². The summed E-state index contributed by atoms with van der Waals surface area (Å²) in [7, 11) is 1.44. The van der Waals surface area contributed by atoms with Gasteiger partial charge in [0, 0.05) is 0 Å². The van der Waals surface area contributed by atoms with E-state index in [2.05, 4.69) is 10.5 Å². The lowest BCUT2D eigenvalue weighted by atomic mass is 9.86. The fourth-order valence-electron chi connectivity index (χ4n) is 2.64. The van der Waals surface area contributed by atoms with Crippen molar-refractivity contribution in [2.24, 2.45) is 5.16 Å². The minimum atomic E-state index is -0.544. The van der Waals surface area contributed by atoms with E-state index in [0.29, 0.717) is 5.84 Å². The first-order valence-corrected chi connectivity index (χ1v) is 6.98. The Bertz CT molecular complexity index is 631. The Balaban J connectivity index is 2.06. The molecule has 112 valence electrons. The number of carbonyl (C=O) groups is 1. The normalized spacial score (nSPS) is 19.1. The van der Waals surface area contributed by atoms with Crippen molar-refractivity contribution in [3.63, 3.8) is 0 Å². The Morgan fingerprint density at radius 1 is 1.05 bits per heavy atom. The molecule has 0 spiro atoms. The summed E-state index contributed by atoms with van der Waals surface area (Å²) < 4.78 is 5.44. The van der Waals surface area contributed by atoms with Crippen LogP contribution in [0.15, 0.2) is 65.8 Å². The Morgan fingerprint density at radius 3 is 2.09 bits per heavy atom. The molecule has 2 aromatic carbocycles. The zero-order chi connectivity index (χ0) is 15.4. The maximum atomic E-state index is 11.6. The molecule has 1 atom stereocenters. The van der Waals surface area contributed by atoms with Gasteiger partial charge >= 0.3 is 6.09 Å². The lowest BCUT2D eigenvalue weighted by Crippen LogP contribution is -2.31. The SMILES string of the molecule is CON=C1NC(=O)OC1C(c1ccccc1)c1ccccc1. The molecular weight excluding hydrogens is 280 g/mol. The molecule has 22 heavy (non-hydrogen) atoms. The number of nitrogens with zero attached hydrogens (tertiary/aromatic N) is 1. The number of alkyl carbamates (subject to hydrolysis) is 1. The topological polar surface area (TPSA) is 59.9 Å². The Kier molecular flexibility index (Phi) is 4.05. The highest BCUT2D eigenvalue weighted by Crippen LogP contribution is 2.32. The number of amides is 1. The molecule has 0 aromatic heterocycles. The Morgan fingerprint density at radius 2 is 1.59 bits per heavy atom. The highest BCUT2D eigenvalue weighted by molar-refractivity contribution is 6.03. The molecule has 1 fully saturated rings. The minimum Gasteiger partial charge on any atom is -0.437 e. The monoisotopic (exact) mass is 296 g/mol. The maximum Gasteiger partial charge on any atom is 0.413 e. The Hall–Kier alpha value is -2.82. The Labute approximate surface area is 128 Å². The first kappa shape index (κ1) is 14.1. The van der Waals surface area contributed by atoms with Crippen molar-refractivity contribution >= 4 is 11.9 Å². The van der Waals surface area contributed by atoms with Crippen molar-refractivity contribution in [3.05, 3.63) is 71.8 Å². The molecule has 1 saturated heterocycles. The van der Waals surface area contributed by atoms with Crippen LogP contribution in [0.3, 0.4) is 0 Å². The number of cyclic esters (lactones) is 1. The van der Waals surface area contributed by atoms with Crippen LogP contribution in [0.1, 0.15) is 17.0 Å². The van der Waals surface area contributed by atoms with Gasteiger partial charge in [-0.2, -0.15) is 0 Å². The zero-order valence-electron chi connectivity index (χ0n) is 12.1. The van der Waals surface area contributed by atoms with E-state index in [-0.39, 0.29) is 5.92 Å². The van der Waals surface area contributed by atoms with E-state index in [9.17, 15) is 4.79 Å². The van der Waals surface area contributed by atoms with Gasteiger partial charge in [0.25, 0.3) is 0 Å². The maximum absolute atomic E-state index is 11.6. The molecule has 1 aliphatic rings. The molecule has 1 amide bonds. The molecule has 2 aromatic rings. The van der Waals surface area contributed by atoms with Crippen LogP contribution in [0.2, 0.25) is 0 Å². The number of ether oxygens (including phenoxy) is 1. The average Bonchev–Trinajstić information content (AvgIpc) is 2.90. The van der Waals surface area contributed by atoms with E-state index in [1.54, 1.807) is 0 Å². The van der Waals surface area contributed by atoms with Crippen LogP contribution in [0.4, 0.5) is 4.79 Å². The summed E-state index contributed by atoms with van der Waals surface area (Å²) in [5.74, 6) is 0.223. The molecule has 1 aliphatic heterocycles. The van der Waals surface area contributed by atoms with E-state index in [0.717, 1.165) is 11.1 Å². The van der Waals surface area contributed by atoms with Crippen molar-refractivity contribution < 1.29 is 14.4 Å². The van der Waals surface area contributed by atoms with Crippen molar-refractivity contribution in [2.45, 2.75) is 12.0 Å². The highest BCUT2D eigenvalue weighted by Gasteiger charge is 2.39. The number of nitrogens with one attached hydrogen (secondary N) is 1. The predicted molar refractivity (Wildman–Crippen MR) is 82.6 cm³/mol. The summed E-state index contributed by atoms with van der Waals surface area (Å²) in [5, 5.41) is 6.48. The first-order valence-electron chi connectivity index (χ1n) is 6.98. The first-order chi connectivity index (χ1) is 10.8. The van der Waals surface area contributed by atoms with Gasteiger partial charge in [-0.15, -0.1) is 0 Å². The van der Waals surface area contributed by atoms with Crippen molar-refractivity contribution in [1.29, 1.82) is 0 Å². The summed E-state index contributed by atoms with van der Waals surface area (Å²) in [4.78, 5) is 16.5. The van der Waals surface area contributed by atoms with Crippen molar-refractivity contribution in [1.82, 2.24) is 5.32 Å². The van der Waals surface area contributed by atoms with E-state index in [1.807, 2.05) is 60.7 Å². The van der Waals surface area contributed by atoms with E-state index < -0.39 is 12.2 Å². The highest BCUT2D eigenvalue weighted by atomic mass is 16.6. The van der Waals surface area contributed by atoms with E-state index >= 15 is 0 Å². The molecule has 3 rings (SSSR count). The lowest BCUT2D eigenvalue weighted by Gasteiger charge is -2.22. The van der Waals surface area contributed by atoms with Crippen LogP contribution >= 0.6 is 0 Å². The summed E-state index contributed by atoms with van der Waals surface area (Å²) in [5.41, 5.74) is 2.08. The summed E-state index contributed by atoms with van der Waals surface area (Å²) in [6.45, 7) is 0. The molecule has 0 bridgehead atoms. The van der Waals surface area contributed by atoms with Gasteiger partial charge in [0.1, 0.15) is 7.11 Å². The van der Waals surface area contributed by atoms with Gasteiger partial charge in [-0.25, -0.2) is 4.79 Å². The standard InChI is InChI=1S/C17H16N2O3/c1-21-19-16-15(22-17(20)18-16)14(12-8-4-2-5-9-12)13-10-6-3-7-11-13/h2-11,14-15H,1H3,(H,18,19,20). The molecule has 1 unspecified atom stereocenters. The third-order valence-electron chi connectivity index (χ3n) is 3.54. The van der Waals surface area contributed by atoms with Crippen LogP contribution in [0.25, 0.3) is 0 Å². The number of benzene rings is 2. The van der Waals surface area contributed by atoms with Crippen LogP contribution in [-0.2, 0) is 9.57 Å². The third kappa shape index (κ3) is 2.79. The van der Waals surface area contributed by atoms with Gasteiger partial charge in [-0.3, -0.25) is 5.32 Å². The van der Waals surface area contributed by atoms with Gasteiger partial charge in [0.05, 0.1) is 5.92 Å². The van der Waals surface area contributed by atoms with Gasteiger partial charge in [-0.05, 0) is 11.1 Å². The number of oxime groups is 1. The predicted octanol–water partition coefficient (Wildman–Crippen LogP) is 2.89. The number of carbonyl (C=O) groups excluding carboxylic acids is 1. The number of hydrogen-bond acceptors (Lipinski definition) is 4. The second kappa shape index (κ2) is 6.30. The quantitative estimate of drug-likeness (QED) is 0.883. The fourth-order valence-corrected chi connectivity index (χ4v) is 2.64. The van der Waals surface area contributed by atoms with Gasteiger partial charge in [0.2, 0.25) is 0 Å². The van der Waals surface area contributed by atoms with Crippen LogP contribution in [-0.4, -0.2) is 25.1 Å². The van der Waals surface area contributed by atoms with Crippen molar-refractivity contribution in [3.8, 4) is 0 Å². The van der Waals surface area contributed by atoms with Gasteiger partial charge < -0.3 is 9.57 Å². The van der Waals surface area contributed by atoms with Crippen LogP contribution in [0, 0.1) is 0 Å². The molecule has 0 saturated carbocycles. The van der Waals surface area contributed by atoms with Crippen LogP contribution in [0.5, 0.6) is 0 Å². The van der Waals surface area contributed by atoms with E-state index in [1.165, 1.54) is 7.11 Å². The molecular formula is C17H16N2O3. The second-order valence-electron chi connectivity index (χ2n) is 4.91. The van der Waals surface area contributed by atoms with E-state index in [4.69, 9.17) is 9.57 Å². The number of hydrogen-bond donors (Lipinski definition) is 1. The fraction of sp³-hybridized carbons (Fsp3) is 0.176. The van der Waals surface area contributed by atoms with Crippen LogP contribution < -0.4 is 5.32 Å². The molecule has 1 heterocycles. The van der Waals surface area contributed by atoms with Crippen molar-refractivity contribution in [2.75, 3.05) is 7.11 Å². The largest absolute Gasteiger partial charge is 0.437 e. The molecule has 0 radical (unpaired) electrons. The smallest absolute Gasteiger partial charge is 0.413 e. The molecule has 5 nitrogen and oxygen atoms in total. The summed E-state index contributed by atoms with van der Waals surface area (Å²) in [6.07, 6.45) is -1.06. The third-order valence-corrected chi connectivity index (χ3v) is 3.54. The lowest BCUT2D eigenvalue weighted by molar-refractivity contribution is 0.141. The molecule has 1 N–H and O–H groups in total. The summed E-state index contributed by atoms with van der Waals surface area (Å²) >= 11 is 0. The second-order valence-corrected chi connectivity index (χ2v) is 4.91. The minimum absolute atomic E-state index is 0.157. The zero-order valence-corrected chi connectivity index (χ0v) is 12.1. The molecule has 5 heteroatoms. The number of rotatable bonds is 4.